The maximum absolute atomic E-state index is 12.7. The van der Waals surface area contributed by atoms with Crippen LogP contribution >= 0.6 is 0 Å². The van der Waals surface area contributed by atoms with Crippen molar-refractivity contribution >= 4 is 11.8 Å². The van der Waals surface area contributed by atoms with E-state index in [1.165, 1.54) is 5.56 Å². The lowest BCUT2D eigenvalue weighted by molar-refractivity contribution is -0.122. The second kappa shape index (κ2) is 8.15. The van der Waals surface area contributed by atoms with Crippen molar-refractivity contribution in [2.75, 3.05) is 20.6 Å². The summed E-state index contributed by atoms with van der Waals surface area (Å²) in [4.78, 5) is 26.0. The molecule has 148 valence electrons. The van der Waals surface area contributed by atoms with E-state index in [9.17, 15) is 9.59 Å². The zero-order chi connectivity index (χ0) is 20.3. The number of rotatable bonds is 8. The lowest BCUT2D eigenvalue weighted by Crippen LogP contribution is -2.42. The predicted octanol–water partition coefficient (Wildman–Crippen LogP) is 2.35. The monoisotopic (exact) mass is 379 g/mol. The highest BCUT2D eigenvalue weighted by atomic mass is 16.2. The quantitative estimate of drug-likeness (QED) is 0.739. The second-order valence-corrected chi connectivity index (χ2v) is 8.17. The number of nitrogens with one attached hydrogen (secondary N) is 1. The third-order valence-corrected chi connectivity index (χ3v) is 5.94. The van der Waals surface area contributed by atoms with Crippen LogP contribution in [-0.2, 0) is 16.6 Å². The average Bonchev–Trinajstić information content (AvgIpc) is 3.39. The molecule has 1 fully saturated rings. The number of benzene rings is 2. The number of nitrogens with two attached hydrogens (primary N) is 1. The van der Waals surface area contributed by atoms with Gasteiger partial charge >= 0.3 is 0 Å². The van der Waals surface area contributed by atoms with Gasteiger partial charge in [-0.2, -0.15) is 0 Å². The van der Waals surface area contributed by atoms with Gasteiger partial charge in [0.1, 0.15) is 0 Å². The Kier molecular flexibility index (Phi) is 5.84. The molecule has 1 aliphatic rings. The number of carbonyl (C=O) groups is 2. The van der Waals surface area contributed by atoms with Crippen LogP contribution in [0.5, 0.6) is 0 Å². The third kappa shape index (κ3) is 4.42. The molecule has 5 heteroatoms. The minimum absolute atomic E-state index is 0.0348. The normalized spacial score (nSPS) is 21.9. The Balaban J connectivity index is 1.57. The van der Waals surface area contributed by atoms with E-state index >= 15 is 0 Å². The fourth-order valence-electron chi connectivity index (χ4n) is 3.74. The molecular weight excluding hydrogens is 350 g/mol. The van der Waals surface area contributed by atoms with E-state index in [0.29, 0.717) is 12.1 Å². The molecule has 0 radical (unpaired) electrons. The molecule has 0 aromatic heterocycles. The Morgan fingerprint density at radius 2 is 1.79 bits per heavy atom. The molecule has 2 aromatic carbocycles. The molecule has 3 N–H and O–H groups in total. The van der Waals surface area contributed by atoms with Crippen molar-refractivity contribution in [3.63, 3.8) is 0 Å². The Bertz CT molecular complexity index is 833. The van der Waals surface area contributed by atoms with Gasteiger partial charge in [0.05, 0.1) is 0 Å². The molecule has 3 atom stereocenters. The fraction of sp³-hybridized carbons (Fsp3) is 0.391. The van der Waals surface area contributed by atoms with Gasteiger partial charge in [0.15, 0.2) is 0 Å². The molecular formula is C23H29N3O2. The first kappa shape index (κ1) is 20.1. The van der Waals surface area contributed by atoms with Crippen molar-refractivity contribution < 1.29 is 9.59 Å². The SMILES string of the molecule is CN(C)C(CNC(=O)[C@@H]1C[C@]1(C)c1ccccc1)Cc1ccc(C(N)=O)cc1. The number of hydrogen-bond acceptors (Lipinski definition) is 3. The second-order valence-electron chi connectivity index (χ2n) is 8.17. The number of primary amides is 1. The number of carbonyl (C=O) groups excluding carboxylic acids is 2. The summed E-state index contributed by atoms with van der Waals surface area (Å²) in [6.07, 6.45) is 1.68. The zero-order valence-electron chi connectivity index (χ0n) is 16.8. The van der Waals surface area contributed by atoms with Crippen molar-refractivity contribution in [1.29, 1.82) is 0 Å². The first-order valence-corrected chi connectivity index (χ1v) is 9.69. The minimum atomic E-state index is -0.422. The van der Waals surface area contributed by atoms with Crippen LogP contribution in [0.4, 0.5) is 0 Å². The lowest BCUT2D eigenvalue weighted by atomic mass is 9.95. The fourth-order valence-corrected chi connectivity index (χ4v) is 3.74. The van der Waals surface area contributed by atoms with Crippen molar-refractivity contribution in [3.05, 3.63) is 71.3 Å². The molecule has 3 rings (SSSR count). The molecule has 0 bridgehead atoms. The number of amides is 2. The molecule has 2 amide bonds. The van der Waals surface area contributed by atoms with E-state index < -0.39 is 5.91 Å². The molecule has 1 unspecified atom stereocenters. The summed E-state index contributed by atoms with van der Waals surface area (Å²) >= 11 is 0. The molecule has 1 saturated carbocycles. The van der Waals surface area contributed by atoms with Crippen LogP contribution in [0.15, 0.2) is 54.6 Å². The van der Waals surface area contributed by atoms with Crippen molar-refractivity contribution in [2.24, 2.45) is 11.7 Å². The molecule has 0 aliphatic heterocycles. The Morgan fingerprint density at radius 3 is 2.36 bits per heavy atom. The van der Waals surface area contributed by atoms with E-state index in [2.05, 4.69) is 29.3 Å². The van der Waals surface area contributed by atoms with Gasteiger partial charge in [-0.3, -0.25) is 9.59 Å². The summed E-state index contributed by atoms with van der Waals surface area (Å²) in [5.41, 5.74) is 8.09. The van der Waals surface area contributed by atoms with Gasteiger partial charge in [0, 0.05) is 29.5 Å². The van der Waals surface area contributed by atoms with Crippen LogP contribution in [0.1, 0.15) is 34.8 Å². The summed E-state index contributed by atoms with van der Waals surface area (Å²) in [7, 11) is 4.03. The van der Waals surface area contributed by atoms with Crippen molar-refractivity contribution in [2.45, 2.75) is 31.2 Å². The Morgan fingerprint density at radius 1 is 1.14 bits per heavy atom. The smallest absolute Gasteiger partial charge is 0.248 e. The van der Waals surface area contributed by atoms with Gasteiger partial charge in [0.2, 0.25) is 11.8 Å². The summed E-state index contributed by atoms with van der Waals surface area (Å²) in [5, 5.41) is 3.15. The van der Waals surface area contributed by atoms with Crippen molar-refractivity contribution in [1.82, 2.24) is 10.2 Å². The van der Waals surface area contributed by atoms with Crippen molar-refractivity contribution in [3.8, 4) is 0 Å². The summed E-state index contributed by atoms with van der Waals surface area (Å²) in [6.45, 7) is 2.75. The van der Waals surface area contributed by atoms with E-state index in [1.807, 2.05) is 44.4 Å². The van der Waals surface area contributed by atoms with Crippen LogP contribution in [0, 0.1) is 5.92 Å². The van der Waals surface area contributed by atoms with E-state index in [4.69, 9.17) is 5.73 Å². The average molecular weight is 380 g/mol. The van der Waals surface area contributed by atoms with Gasteiger partial charge in [-0.25, -0.2) is 0 Å². The highest BCUT2D eigenvalue weighted by Crippen LogP contribution is 2.53. The molecule has 0 heterocycles. The molecule has 28 heavy (non-hydrogen) atoms. The molecule has 5 nitrogen and oxygen atoms in total. The zero-order valence-corrected chi connectivity index (χ0v) is 16.8. The Labute approximate surface area is 166 Å². The van der Waals surface area contributed by atoms with Gasteiger partial charge in [-0.15, -0.1) is 0 Å². The highest BCUT2D eigenvalue weighted by Gasteiger charge is 2.55. The van der Waals surface area contributed by atoms with Gasteiger partial charge in [0.25, 0.3) is 0 Å². The van der Waals surface area contributed by atoms with Crippen LogP contribution in [-0.4, -0.2) is 43.4 Å². The highest BCUT2D eigenvalue weighted by molar-refractivity contribution is 5.92. The summed E-state index contributed by atoms with van der Waals surface area (Å²) < 4.78 is 0. The molecule has 1 aliphatic carbocycles. The topological polar surface area (TPSA) is 75.4 Å². The molecule has 0 saturated heterocycles. The predicted molar refractivity (Wildman–Crippen MR) is 111 cm³/mol. The number of likely N-dealkylation sites (N-methyl/N-ethyl adjacent to an activating group) is 1. The van der Waals surface area contributed by atoms with Gasteiger partial charge in [-0.05, 0) is 50.2 Å². The standard InChI is InChI=1S/C23H29N3O2/c1-23(18-7-5-4-6-8-18)14-20(23)22(28)25-15-19(26(2)3)13-16-9-11-17(12-10-16)21(24)27/h4-12,19-20H,13-15H2,1-3H3,(H2,24,27)(H,25,28)/t19?,20-,23+/m0/s1. The minimum Gasteiger partial charge on any atom is -0.366 e. The largest absolute Gasteiger partial charge is 0.366 e. The van der Waals surface area contributed by atoms with Crippen LogP contribution in [0.2, 0.25) is 0 Å². The third-order valence-electron chi connectivity index (χ3n) is 5.94. The first-order valence-electron chi connectivity index (χ1n) is 9.69. The van der Waals surface area contributed by atoms with Gasteiger partial charge < -0.3 is 16.0 Å². The number of hydrogen-bond donors (Lipinski definition) is 2. The molecule has 0 spiro atoms. The van der Waals surface area contributed by atoms with Gasteiger partial charge in [-0.1, -0.05) is 49.4 Å². The van der Waals surface area contributed by atoms with Crippen LogP contribution in [0.3, 0.4) is 0 Å². The first-order chi connectivity index (χ1) is 13.3. The van der Waals surface area contributed by atoms with E-state index in [-0.39, 0.29) is 23.3 Å². The van der Waals surface area contributed by atoms with Crippen LogP contribution in [0.25, 0.3) is 0 Å². The maximum atomic E-state index is 12.7. The molecule has 2 aromatic rings. The summed E-state index contributed by atoms with van der Waals surface area (Å²) in [6, 6.07) is 17.8. The summed E-state index contributed by atoms with van der Waals surface area (Å²) in [5.74, 6) is -0.260. The van der Waals surface area contributed by atoms with E-state index in [1.54, 1.807) is 12.1 Å². The lowest BCUT2D eigenvalue weighted by Gasteiger charge is -2.25. The number of nitrogens with zero attached hydrogens (tertiary/aromatic N) is 1. The maximum Gasteiger partial charge on any atom is 0.248 e. The van der Waals surface area contributed by atoms with Crippen LogP contribution < -0.4 is 11.1 Å². The van der Waals surface area contributed by atoms with E-state index in [0.717, 1.165) is 18.4 Å². The Hall–Kier alpha value is -2.66.